The van der Waals surface area contributed by atoms with E-state index < -0.39 is 48.2 Å². The Bertz CT molecular complexity index is 913. The quantitative estimate of drug-likeness (QED) is 0.0420. The zero-order valence-corrected chi connectivity index (χ0v) is 52.0. The third kappa shape index (κ3) is 76.1. The molecule has 0 saturated heterocycles. The Hall–Kier alpha value is 1.05. The molecule has 0 spiro atoms. The molecule has 0 radical (unpaired) electrons. The predicted octanol–water partition coefficient (Wildman–Crippen LogP) is 13.8. The monoisotopic (exact) mass is 1150 g/mol. The number of hydrogen-bond acceptors (Lipinski definition) is 12. The Morgan fingerprint density at radius 2 is 0.358 bits per heavy atom. The van der Waals surface area contributed by atoms with Gasteiger partial charge in [0.2, 0.25) is 0 Å². The van der Waals surface area contributed by atoms with Crippen molar-refractivity contribution in [1.29, 1.82) is 0 Å². The van der Waals surface area contributed by atoms with E-state index in [2.05, 4.69) is 83.1 Å². The molecule has 0 aromatic heterocycles. The van der Waals surface area contributed by atoms with Gasteiger partial charge in [-0.15, -0.1) is 0 Å². The molecule has 0 aliphatic rings. The van der Waals surface area contributed by atoms with Gasteiger partial charge in [0.15, 0.2) is 0 Å². The molecule has 0 aliphatic carbocycles. The fourth-order valence-electron chi connectivity index (χ4n) is 6.77. The van der Waals surface area contributed by atoms with E-state index in [0.29, 0.717) is 72.5 Å². The number of unbranched alkanes of at least 4 members (excludes halogenated alkanes) is 6. The average Bonchev–Trinajstić information content (AvgIpc) is 3.27. The van der Waals surface area contributed by atoms with Gasteiger partial charge in [0.05, 0.1) is 0 Å². The molecule has 0 aromatic rings. The summed E-state index contributed by atoms with van der Waals surface area (Å²) in [5, 5.41) is 0. The van der Waals surface area contributed by atoms with Crippen LogP contribution in [0.15, 0.2) is 0 Å². The molecule has 0 saturated carbocycles. The Labute approximate surface area is 433 Å². The van der Waals surface area contributed by atoms with Crippen molar-refractivity contribution in [3.63, 3.8) is 0 Å². The maximum atomic E-state index is 10.4. The fourth-order valence-corrected chi connectivity index (χ4v) is 11.9. The molecule has 0 rings (SSSR count). The molecule has 0 aromatic carbocycles. The molecule has 12 nitrogen and oxygen atoms in total. The van der Waals surface area contributed by atoms with Gasteiger partial charge >= 0.3 is 48.2 Å². The molecule has 0 fully saturated rings. The maximum absolute atomic E-state index is 10.4. The minimum Gasteiger partial charge on any atom is -0.596 e. The van der Waals surface area contributed by atoms with Crippen molar-refractivity contribution in [3.05, 3.63) is 0 Å². The molecule has 12 unspecified atom stereocenters. The van der Waals surface area contributed by atoms with Gasteiger partial charge in [-0.05, 0) is 77.0 Å². The zero-order chi connectivity index (χ0) is 52.1. The summed E-state index contributed by atoms with van der Waals surface area (Å²) >= 11 is 0. The Morgan fingerprint density at radius 1 is 0.254 bits per heavy atom. The second kappa shape index (κ2) is 65.1. The van der Waals surface area contributed by atoms with Gasteiger partial charge in [-0.2, -0.15) is 0 Å². The largest absolute Gasteiger partial charge is 0.596 e. The van der Waals surface area contributed by atoms with Gasteiger partial charge in [0.1, 0.15) is 37.0 Å². The molecule has 0 bridgehead atoms. The van der Waals surface area contributed by atoms with E-state index in [1.54, 1.807) is 0 Å². The second-order valence-corrected chi connectivity index (χ2v) is 23.8. The molecule has 0 aliphatic heterocycles. The molecule has 12 atom stereocenters. The smallest absolute Gasteiger partial charge is 0.309 e. The topological polar surface area (TPSA) is 241 Å². The first-order valence-corrected chi connectivity index (χ1v) is 34.1. The van der Waals surface area contributed by atoms with E-state index in [9.17, 15) is 56.8 Å². The van der Waals surface area contributed by atoms with E-state index >= 15 is 0 Å². The third-order valence-corrected chi connectivity index (χ3v) is 16.6. The summed E-state index contributed by atoms with van der Waals surface area (Å²) in [5.41, 5.74) is 0. The van der Waals surface area contributed by atoms with Crippen LogP contribution >= 0.6 is 48.2 Å². The van der Waals surface area contributed by atoms with Crippen LogP contribution in [0, 0.1) is 35.5 Å². The summed E-state index contributed by atoms with van der Waals surface area (Å²) in [6.45, 7) is 25.1. The van der Waals surface area contributed by atoms with E-state index in [4.69, 9.17) is 0 Å². The Balaban J connectivity index is -0.000000129. The van der Waals surface area contributed by atoms with E-state index in [1.165, 1.54) is 0 Å². The molecule has 19 heteroatoms. The van der Waals surface area contributed by atoms with Crippen LogP contribution in [-0.2, 0) is 48.5 Å². The van der Waals surface area contributed by atoms with Gasteiger partial charge in [0, 0.05) is 56.6 Å². The van der Waals surface area contributed by atoms with Crippen LogP contribution in [0.3, 0.4) is 0 Å². The van der Waals surface area contributed by atoms with Crippen LogP contribution in [0.5, 0.6) is 0 Å². The van der Waals surface area contributed by atoms with Crippen LogP contribution in [0.25, 0.3) is 0 Å². The van der Waals surface area contributed by atoms with Gasteiger partial charge in [0.25, 0.3) is 0 Å². The van der Waals surface area contributed by atoms with Crippen LogP contribution in [0.2, 0.25) is 0 Å². The van der Waals surface area contributed by atoms with Gasteiger partial charge in [-0.1, -0.05) is 188 Å². The Morgan fingerprint density at radius 3 is 0.418 bits per heavy atom. The summed E-state index contributed by atoms with van der Waals surface area (Å²) in [7, 11) is -13.0. The van der Waals surface area contributed by atoms with Crippen molar-refractivity contribution in [2.75, 3.05) is 37.0 Å². The number of hydrogen-bond donors (Lipinski definition) is 0. The zero-order valence-electron chi connectivity index (χ0n) is 44.7. The van der Waals surface area contributed by atoms with E-state index in [1.807, 2.05) is 0 Å². The van der Waals surface area contributed by atoms with Crippen molar-refractivity contribution < 1.29 is 77.8 Å². The van der Waals surface area contributed by atoms with Crippen molar-refractivity contribution in [1.82, 2.24) is 0 Å². The standard InChI is InChI=1S/6C8H17O2P.Mo/c6*1-3-5-6-8(4-2)7-11(9)10;/h6*8H,3-7H2,1-2H3;. The average molecular weight is 1150 g/mol. The minimum absolute atomic E-state index is 0. The van der Waals surface area contributed by atoms with E-state index in [0.717, 1.165) is 154 Å². The van der Waals surface area contributed by atoms with Crippen LogP contribution < -0.4 is 29.4 Å². The fraction of sp³-hybridized carbons (Fsp3) is 1.00. The van der Waals surface area contributed by atoms with Crippen LogP contribution in [0.1, 0.15) is 237 Å². The summed E-state index contributed by atoms with van der Waals surface area (Å²) in [6, 6.07) is 0. The summed E-state index contributed by atoms with van der Waals surface area (Å²) in [6.07, 6.45) is 28.5. The van der Waals surface area contributed by atoms with Crippen molar-refractivity contribution >= 4 is 48.2 Å². The molecule has 0 N–H and O–H groups in total. The molecule has 402 valence electrons. The maximum Gasteiger partial charge on any atom is 0.309 e. The van der Waals surface area contributed by atoms with Gasteiger partial charge in [-0.3, -0.25) is 0 Å². The summed E-state index contributed by atoms with van der Waals surface area (Å²) in [5.74, 6) is 2.39. The SMILES string of the molecule is CCCCC(CC)C[P+](=O)[O-].CCCCC(CC)C[P+](=O)[O-].CCCCC(CC)C[P+](=O)[O-].CCCCC(CC)C[P+](=O)[O-].CCCCC(CC)C[P+](=O)[O-].CCCCC(CC)C[P+](=O)[O-].[Mo]. The molecular formula is C48H102MoO12P6. The Kier molecular flexibility index (Phi) is 79.7. The summed E-state index contributed by atoms with van der Waals surface area (Å²) < 4.78 is 62.2. The van der Waals surface area contributed by atoms with Gasteiger partial charge in [-0.25, -0.2) is 0 Å². The first kappa shape index (κ1) is 82.1. The van der Waals surface area contributed by atoms with Crippen LogP contribution in [-0.4, -0.2) is 37.0 Å². The predicted molar refractivity (Wildman–Crippen MR) is 275 cm³/mol. The summed E-state index contributed by atoms with van der Waals surface area (Å²) in [4.78, 5) is 62.2. The third-order valence-electron chi connectivity index (χ3n) is 11.7. The minimum atomic E-state index is -2.16. The number of rotatable bonds is 36. The van der Waals surface area contributed by atoms with E-state index in [-0.39, 0.29) is 21.1 Å². The molecule has 0 heterocycles. The van der Waals surface area contributed by atoms with Crippen molar-refractivity contribution in [3.8, 4) is 0 Å². The van der Waals surface area contributed by atoms with Crippen LogP contribution in [0.4, 0.5) is 0 Å². The second-order valence-electron chi connectivity index (χ2n) is 17.6. The first-order valence-electron chi connectivity index (χ1n) is 25.9. The molecule has 67 heavy (non-hydrogen) atoms. The van der Waals surface area contributed by atoms with Crippen molar-refractivity contribution in [2.45, 2.75) is 237 Å². The van der Waals surface area contributed by atoms with Gasteiger partial charge < -0.3 is 29.4 Å². The normalized spacial score (nSPS) is 14.4. The van der Waals surface area contributed by atoms with Crippen molar-refractivity contribution in [2.24, 2.45) is 35.5 Å². The molecule has 0 amide bonds. The molecular weight excluding hydrogens is 1050 g/mol. The first-order chi connectivity index (χ1) is 31.2.